The molecule has 88 valence electrons. The Morgan fingerprint density at radius 3 is 2.81 bits per heavy atom. The van der Waals surface area contributed by atoms with E-state index in [1.54, 1.807) is 0 Å². The third kappa shape index (κ3) is 4.47. The van der Waals surface area contributed by atoms with E-state index in [4.69, 9.17) is 5.84 Å². The minimum Gasteiger partial charge on any atom is -0.271 e. The topological polar surface area (TPSA) is 38.0 Å². The number of halogens is 1. The largest absolute Gasteiger partial charge is 0.271 e. The van der Waals surface area contributed by atoms with Gasteiger partial charge in [0, 0.05) is 10.5 Å². The van der Waals surface area contributed by atoms with E-state index in [9.17, 15) is 0 Å². The lowest BCUT2D eigenvalue weighted by atomic mass is 10.0. The normalized spacial score (nSPS) is 12.4. The first-order chi connectivity index (χ1) is 7.77. The molecule has 0 spiro atoms. The smallest absolute Gasteiger partial charge is 0.0251 e. The van der Waals surface area contributed by atoms with Crippen LogP contribution in [-0.2, 0) is 6.42 Å². The summed E-state index contributed by atoms with van der Waals surface area (Å²) in [7, 11) is 0. The second-order valence-electron chi connectivity index (χ2n) is 3.88. The molecule has 3 heteroatoms. The molecule has 0 aromatic heterocycles. The zero-order valence-electron chi connectivity index (χ0n) is 9.45. The van der Waals surface area contributed by atoms with Crippen LogP contribution in [0.15, 0.2) is 41.4 Å². The SMILES string of the molecule is C=CCCCC(Cc1ccccc1Br)NN. The van der Waals surface area contributed by atoms with Crippen molar-refractivity contribution in [2.45, 2.75) is 31.7 Å². The zero-order chi connectivity index (χ0) is 11.8. The van der Waals surface area contributed by atoms with E-state index in [2.05, 4.69) is 46.1 Å². The van der Waals surface area contributed by atoms with Crippen molar-refractivity contribution >= 4 is 15.9 Å². The molecular formula is C13H19BrN2. The van der Waals surface area contributed by atoms with Crippen LogP contribution in [0.2, 0.25) is 0 Å². The molecule has 0 aliphatic rings. The Morgan fingerprint density at radius 2 is 2.19 bits per heavy atom. The summed E-state index contributed by atoms with van der Waals surface area (Å²) in [6, 6.07) is 8.60. The third-order valence-corrected chi connectivity index (χ3v) is 3.39. The number of unbranched alkanes of at least 4 members (excludes halogenated alkanes) is 1. The van der Waals surface area contributed by atoms with E-state index in [0.717, 1.165) is 30.2 Å². The fourth-order valence-electron chi connectivity index (χ4n) is 1.68. The fourth-order valence-corrected chi connectivity index (χ4v) is 2.13. The second-order valence-corrected chi connectivity index (χ2v) is 4.73. The highest BCUT2D eigenvalue weighted by Crippen LogP contribution is 2.18. The minimum absolute atomic E-state index is 0.332. The first-order valence-corrected chi connectivity index (χ1v) is 6.37. The zero-order valence-corrected chi connectivity index (χ0v) is 11.0. The average molecular weight is 283 g/mol. The summed E-state index contributed by atoms with van der Waals surface area (Å²) in [4.78, 5) is 0. The predicted molar refractivity (Wildman–Crippen MR) is 73.0 cm³/mol. The van der Waals surface area contributed by atoms with Crippen LogP contribution in [0.4, 0.5) is 0 Å². The van der Waals surface area contributed by atoms with Gasteiger partial charge in [-0.25, -0.2) is 0 Å². The number of rotatable bonds is 7. The molecule has 0 aliphatic carbocycles. The van der Waals surface area contributed by atoms with E-state index in [1.165, 1.54) is 5.56 Å². The number of hydrazine groups is 1. The molecule has 1 rings (SSSR count). The van der Waals surface area contributed by atoms with Crippen molar-refractivity contribution in [3.63, 3.8) is 0 Å². The Hall–Kier alpha value is -0.640. The summed E-state index contributed by atoms with van der Waals surface area (Å²) in [6.07, 6.45) is 6.15. The Morgan fingerprint density at radius 1 is 1.44 bits per heavy atom. The predicted octanol–water partition coefficient (Wildman–Crippen LogP) is 3.18. The minimum atomic E-state index is 0.332. The fraction of sp³-hybridized carbons (Fsp3) is 0.385. The first-order valence-electron chi connectivity index (χ1n) is 5.58. The molecule has 0 amide bonds. The lowest BCUT2D eigenvalue weighted by Gasteiger charge is -2.16. The second kappa shape index (κ2) is 7.60. The number of hydrogen-bond acceptors (Lipinski definition) is 2. The molecule has 0 saturated carbocycles. The Kier molecular flexibility index (Phi) is 6.38. The lowest BCUT2D eigenvalue weighted by Crippen LogP contribution is -2.36. The highest BCUT2D eigenvalue weighted by molar-refractivity contribution is 9.10. The molecular weight excluding hydrogens is 264 g/mol. The quantitative estimate of drug-likeness (QED) is 0.349. The van der Waals surface area contributed by atoms with E-state index in [1.807, 2.05) is 12.1 Å². The van der Waals surface area contributed by atoms with Crippen LogP contribution < -0.4 is 11.3 Å². The highest BCUT2D eigenvalue weighted by atomic mass is 79.9. The Bertz CT molecular complexity index is 325. The van der Waals surface area contributed by atoms with Gasteiger partial charge in [-0.1, -0.05) is 40.2 Å². The maximum atomic E-state index is 5.56. The van der Waals surface area contributed by atoms with Crippen LogP contribution in [0.5, 0.6) is 0 Å². The number of nitrogens with two attached hydrogens (primary N) is 1. The van der Waals surface area contributed by atoms with Crippen LogP contribution in [0.3, 0.4) is 0 Å². The third-order valence-electron chi connectivity index (χ3n) is 2.62. The van der Waals surface area contributed by atoms with Crippen molar-refractivity contribution < 1.29 is 0 Å². The molecule has 1 atom stereocenters. The average Bonchev–Trinajstić information content (AvgIpc) is 2.30. The Labute approximate surface area is 106 Å². The van der Waals surface area contributed by atoms with Gasteiger partial charge in [0.25, 0.3) is 0 Å². The number of nitrogens with one attached hydrogen (secondary N) is 1. The highest BCUT2D eigenvalue weighted by Gasteiger charge is 2.08. The molecule has 1 aromatic rings. The van der Waals surface area contributed by atoms with Gasteiger partial charge in [0.05, 0.1) is 0 Å². The molecule has 0 radical (unpaired) electrons. The first kappa shape index (κ1) is 13.4. The van der Waals surface area contributed by atoms with Crippen molar-refractivity contribution in [1.29, 1.82) is 0 Å². The van der Waals surface area contributed by atoms with Gasteiger partial charge in [0.15, 0.2) is 0 Å². The molecule has 0 heterocycles. The van der Waals surface area contributed by atoms with E-state index in [0.29, 0.717) is 6.04 Å². The monoisotopic (exact) mass is 282 g/mol. The van der Waals surface area contributed by atoms with Gasteiger partial charge in [-0.05, 0) is 37.3 Å². The van der Waals surface area contributed by atoms with Crippen LogP contribution in [0, 0.1) is 0 Å². The number of benzene rings is 1. The summed E-state index contributed by atoms with van der Waals surface area (Å²) < 4.78 is 1.15. The van der Waals surface area contributed by atoms with Crippen LogP contribution >= 0.6 is 15.9 Å². The number of allylic oxidation sites excluding steroid dienone is 1. The van der Waals surface area contributed by atoms with Gasteiger partial charge < -0.3 is 0 Å². The molecule has 0 saturated heterocycles. The van der Waals surface area contributed by atoms with E-state index < -0.39 is 0 Å². The molecule has 3 N–H and O–H groups in total. The molecule has 1 aromatic carbocycles. The molecule has 0 fully saturated rings. The number of hydrogen-bond donors (Lipinski definition) is 2. The van der Waals surface area contributed by atoms with Gasteiger partial charge in [-0.2, -0.15) is 0 Å². The van der Waals surface area contributed by atoms with Crippen molar-refractivity contribution in [3.8, 4) is 0 Å². The maximum absolute atomic E-state index is 5.56. The van der Waals surface area contributed by atoms with E-state index in [-0.39, 0.29) is 0 Å². The summed E-state index contributed by atoms with van der Waals surface area (Å²) in [5.41, 5.74) is 4.18. The summed E-state index contributed by atoms with van der Waals surface area (Å²) in [5, 5.41) is 0. The van der Waals surface area contributed by atoms with Crippen molar-refractivity contribution in [1.82, 2.24) is 5.43 Å². The summed E-state index contributed by atoms with van der Waals surface area (Å²) in [6.45, 7) is 3.72. The summed E-state index contributed by atoms with van der Waals surface area (Å²) >= 11 is 3.55. The van der Waals surface area contributed by atoms with E-state index >= 15 is 0 Å². The Balaban J connectivity index is 2.49. The van der Waals surface area contributed by atoms with Gasteiger partial charge in [-0.15, -0.1) is 6.58 Å². The van der Waals surface area contributed by atoms with Gasteiger partial charge in [-0.3, -0.25) is 11.3 Å². The maximum Gasteiger partial charge on any atom is 0.0251 e. The van der Waals surface area contributed by atoms with Crippen molar-refractivity contribution in [2.75, 3.05) is 0 Å². The molecule has 0 aliphatic heterocycles. The molecule has 2 nitrogen and oxygen atoms in total. The van der Waals surface area contributed by atoms with Crippen LogP contribution in [0.1, 0.15) is 24.8 Å². The molecule has 1 unspecified atom stereocenters. The van der Waals surface area contributed by atoms with Gasteiger partial charge in [0.1, 0.15) is 0 Å². The van der Waals surface area contributed by atoms with Gasteiger partial charge in [0.2, 0.25) is 0 Å². The van der Waals surface area contributed by atoms with Crippen molar-refractivity contribution in [3.05, 3.63) is 47.0 Å². The summed E-state index contributed by atoms with van der Waals surface area (Å²) in [5.74, 6) is 5.56. The van der Waals surface area contributed by atoms with Crippen molar-refractivity contribution in [2.24, 2.45) is 5.84 Å². The van der Waals surface area contributed by atoms with Crippen LogP contribution in [0.25, 0.3) is 0 Å². The standard InChI is InChI=1S/C13H19BrN2/c1-2-3-4-8-12(16-15)10-11-7-5-6-9-13(11)14/h2,5-7,9,12,16H,1,3-4,8,10,15H2. The molecule has 0 bridgehead atoms. The molecule has 16 heavy (non-hydrogen) atoms. The van der Waals surface area contributed by atoms with Crippen LogP contribution in [-0.4, -0.2) is 6.04 Å². The lowest BCUT2D eigenvalue weighted by molar-refractivity contribution is 0.478. The van der Waals surface area contributed by atoms with Gasteiger partial charge >= 0.3 is 0 Å².